The number of carbonyl (C=O) groups is 1. The Morgan fingerprint density at radius 1 is 1.05 bits per heavy atom. The van der Waals surface area contributed by atoms with Crippen molar-refractivity contribution in [3.05, 3.63) is 104 Å². The van der Waals surface area contributed by atoms with Gasteiger partial charge in [0.2, 0.25) is 0 Å². The highest BCUT2D eigenvalue weighted by Crippen LogP contribution is 2.36. The lowest BCUT2D eigenvalue weighted by atomic mass is 10.1. The van der Waals surface area contributed by atoms with Gasteiger partial charge >= 0.3 is 0 Å². The molecule has 5 nitrogen and oxygen atoms in total. The van der Waals surface area contributed by atoms with Crippen LogP contribution in [0.15, 0.2) is 78.4 Å². The van der Waals surface area contributed by atoms with Crippen LogP contribution in [0.4, 0.5) is 5.69 Å². The van der Waals surface area contributed by atoms with Crippen molar-refractivity contribution in [2.75, 3.05) is 11.9 Å². The Morgan fingerprint density at radius 3 is 2.59 bits per heavy atom. The molecule has 1 amide bonds. The van der Waals surface area contributed by atoms with Crippen molar-refractivity contribution in [1.82, 2.24) is 0 Å². The lowest BCUT2D eigenvalue weighted by Crippen LogP contribution is -2.14. The normalized spacial score (nSPS) is 11.2. The van der Waals surface area contributed by atoms with E-state index in [2.05, 4.69) is 52.2 Å². The molecule has 0 aliphatic carbocycles. The summed E-state index contributed by atoms with van der Waals surface area (Å²) in [5, 5.41) is 15.3. The van der Waals surface area contributed by atoms with Gasteiger partial charge in [0.15, 0.2) is 11.5 Å². The minimum absolute atomic E-state index is 0.0394. The Hall–Kier alpha value is -3.54. The smallest absolute Gasteiger partial charge is 0.266 e. The predicted molar refractivity (Wildman–Crippen MR) is 157 cm³/mol. The second kappa shape index (κ2) is 12.1. The van der Waals surface area contributed by atoms with Crippen molar-refractivity contribution >= 4 is 62.6 Å². The summed E-state index contributed by atoms with van der Waals surface area (Å²) in [6, 6.07) is 25.3. The highest BCUT2D eigenvalue weighted by Gasteiger charge is 2.15. The number of nitrogens with one attached hydrogen (secondary N) is 1. The van der Waals surface area contributed by atoms with E-state index in [0.717, 1.165) is 20.1 Å². The van der Waals surface area contributed by atoms with E-state index in [1.807, 2.05) is 44.2 Å². The molecular weight excluding hydrogens is 599 g/mol. The Labute approximate surface area is 234 Å². The first-order valence-corrected chi connectivity index (χ1v) is 13.1. The minimum atomic E-state index is -0.516. The number of aryl methyl sites for hydroxylation is 1. The number of fused-ring (bicyclic) bond motifs is 1. The van der Waals surface area contributed by atoms with Crippen LogP contribution >= 0.6 is 34.2 Å². The Kier molecular flexibility index (Phi) is 8.70. The van der Waals surface area contributed by atoms with Crippen molar-refractivity contribution in [2.24, 2.45) is 0 Å². The molecule has 4 aromatic rings. The molecule has 4 rings (SSSR count). The number of amides is 1. The number of benzene rings is 4. The van der Waals surface area contributed by atoms with Gasteiger partial charge in [0.05, 0.1) is 10.2 Å². The maximum atomic E-state index is 12.8. The summed E-state index contributed by atoms with van der Waals surface area (Å²) >= 11 is 8.23. The molecule has 0 unspecified atom stereocenters. The van der Waals surface area contributed by atoms with Crippen LogP contribution in [0, 0.1) is 21.8 Å². The third kappa shape index (κ3) is 6.62. The number of rotatable bonds is 8. The summed E-state index contributed by atoms with van der Waals surface area (Å²) in [6.45, 7) is 4.56. The summed E-state index contributed by atoms with van der Waals surface area (Å²) in [5.74, 6) is 0.646. The summed E-state index contributed by atoms with van der Waals surface area (Å²) in [4.78, 5) is 12.8. The fraction of sp³-hybridized carbons (Fsp3) is 0.133. The molecule has 0 fully saturated rings. The van der Waals surface area contributed by atoms with Gasteiger partial charge in [-0.1, -0.05) is 54.1 Å². The summed E-state index contributed by atoms with van der Waals surface area (Å²) in [5.41, 5.74) is 3.06. The molecule has 186 valence electrons. The second-order valence-corrected chi connectivity index (χ2v) is 9.91. The van der Waals surface area contributed by atoms with E-state index in [1.54, 1.807) is 24.3 Å². The van der Waals surface area contributed by atoms with Gasteiger partial charge in [0, 0.05) is 10.7 Å². The van der Waals surface area contributed by atoms with Gasteiger partial charge < -0.3 is 14.8 Å². The van der Waals surface area contributed by atoms with Gasteiger partial charge in [-0.25, -0.2) is 0 Å². The standard InChI is InChI=1S/C30H24ClIN2O3/c1-3-36-28-15-21(13-24(17-33)30(35)34-27-16-25(31)11-8-19(27)2)14-26(32)29(28)37-18-20-9-10-22-6-4-5-7-23(22)12-20/h4-16H,3,18H2,1-2H3,(H,34,35)/b24-13+. The van der Waals surface area contributed by atoms with E-state index in [1.165, 1.54) is 11.5 Å². The van der Waals surface area contributed by atoms with E-state index in [0.29, 0.717) is 41.0 Å². The minimum Gasteiger partial charge on any atom is -0.490 e. The third-order valence-corrected chi connectivity index (χ3v) is 6.69. The fourth-order valence-electron chi connectivity index (χ4n) is 3.79. The van der Waals surface area contributed by atoms with Crippen LogP contribution in [0.2, 0.25) is 5.02 Å². The van der Waals surface area contributed by atoms with Crippen molar-refractivity contribution in [3.8, 4) is 17.6 Å². The monoisotopic (exact) mass is 622 g/mol. The molecule has 0 aliphatic heterocycles. The molecule has 0 saturated carbocycles. The van der Waals surface area contributed by atoms with Crippen LogP contribution in [0.3, 0.4) is 0 Å². The number of hydrogen-bond donors (Lipinski definition) is 1. The number of nitriles is 1. The van der Waals surface area contributed by atoms with Crippen molar-refractivity contribution in [1.29, 1.82) is 5.26 Å². The zero-order chi connectivity index (χ0) is 26.4. The molecule has 0 aliphatic rings. The van der Waals surface area contributed by atoms with Gasteiger partial charge in [-0.2, -0.15) is 5.26 Å². The molecule has 0 atom stereocenters. The number of carbonyl (C=O) groups excluding carboxylic acids is 1. The van der Waals surface area contributed by atoms with E-state index < -0.39 is 5.91 Å². The van der Waals surface area contributed by atoms with E-state index in [9.17, 15) is 10.1 Å². The molecule has 0 spiro atoms. The van der Waals surface area contributed by atoms with Crippen molar-refractivity contribution < 1.29 is 14.3 Å². The van der Waals surface area contributed by atoms with Crippen LogP contribution < -0.4 is 14.8 Å². The van der Waals surface area contributed by atoms with Crippen LogP contribution in [0.5, 0.6) is 11.5 Å². The molecule has 4 aromatic carbocycles. The fourth-order valence-corrected chi connectivity index (χ4v) is 4.75. The SMILES string of the molecule is CCOc1cc(/C=C(\C#N)C(=O)Nc2cc(Cl)ccc2C)cc(I)c1OCc1ccc2ccccc2c1. The highest BCUT2D eigenvalue weighted by atomic mass is 127. The van der Waals surface area contributed by atoms with Gasteiger partial charge in [-0.05, 0) is 100 Å². The molecular formula is C30H24ClIN2O3. The van der Waals surface area contributed by atoms with Crippen molar-refractivity contribution in [3.63, 3.8) is 0 Å². The third-order valence-electron chi connectivity index (χ3n) is 5.65. The first kappa shape index (κ1) is 26.5. The first-order chi connectivity index (χ1) is 17.9. The average Bonchev–Trinajstić information content (AvgIpc) is 2.89. The van der Waals surface area contributed by atoms with Crippen LogP contribution in [0.25, 0.3) is 16.8 Å². The van der Waals surface area contributed by atoms with Crippen LogP contribution in [0.1, 0.15) is 23.6 Å². The maximum absolute atomic E-state index is 12.8. The number of ether oxygens (including phenoxy) is 2. The summed E-state index contributed by atoms with van der Waals surface area (Å²) in [6.07, 6.45) is 1.53. The average molecular weight is 623 g/mol. The maximum Gasteiger partial charge on any atom is 0.266 e. The summed E-state index contributed by atoms with van der Waals surface area (Å²) in [7, 11) is 0. The zero-order valence-electron chi connectivity index (χ0n) is 20.3. The summed E-state index contributed by atoms with van der Waals surface area (Å²) < 4.78 is 12.8. The van der Waals surface area contributed by atoms with Gasteiger partial charge in [-0.15, -0.1) is 0 Å². The predicted octanol–water partition coefficient (Wildman–Crippen LogP) is 7.93. The van der Waals surface area contributed by atoms with E-state index in [-0.39, 0.29) is 5.57 Å². The Balaban J connectivity index is 1.57. The molecule has 0 heterocycles. The number of hydrogen-bond acceptors (Lipinski definition) is 4. The lowest BCUT2D eigenvalue weighted by molar-refractivity contribution is -0.112. The largest absolute Gasteiger partial charge is 0.490 e. The molecule has 7 heteroatoms. The van der Waals surface area contributed by atoms with Gasteiger partial charge in [0.25, 0.3) is 5.91 Å². The molecule has 37 heavy (non-hydrogen) atoms. The zero-order valence-corrected chi connectivity index (χ0v) is 23.3. The highest BCUT2D eigenvalue weighted by molar-refractivity contribution is 14.1. The molecule has 0 bridgehead atoms. The quantitative estimate of drug-likeness (QED) is 0.123. The topological polar surface area (TPSA) is 71.3 Å². The van der Waals surface area contributed by atoms with Crippen LogP contribution in [-0.4, -0.2) is 12.5 Å². The van der Waals surface area contributed by atoms with E-state index in [4.69, 9.17) is 21.1 Å². The van der Waals surface area contributed by atoms with Gasteiger partial charge in [0.1, 0.15) is 18.2 Å². The molecule has 1 N–H and O–H groups in total. The number of nitrogens with zero attached hydrogens (tertiary/aromatic N) is 1. The number of anilines is 1. The molecule has 0 saturated heterocycles. The van der Waals surface area contributed by atoms with E-state index >= 15 is 0 Å². The molecule has 0 aromatic heterocycles. The Bertz CT molecular complexity index is 1540. The molecule has 0 radical (unpaired) electrons. The first-order valence-electron chi connectivity index (χ1n) is 11.6. The second-order valence-electron chi connectivity index (χ2n) is 8.32. The number of halogens is 2. The Morgan fingerprint density at radius 2 is 1.84 bits per heavy atom. The van der Waals surface area contributed by atoms with Gasteiger partial charge in [-0.3, -0.25) is 4.79 Å². The van der Waals surface area contributed by atoms with Crippen molar-refractivity contribution in [2.45, 2.75) is 20.5 Å². The van der Waals surface area contributed by atoms with Crippen LogP contribution in [-0.2, 0) is 11.4 Å². The lowest BCUT2D eigenvalue weighted by Gasteiger charge is -2.15.